The van der Waals surface area contributed by atoms with E-state index in [-0.39, 0.29) is 6.54 Å². The van der Waals surface area contributed by atoms with Gasteiger partial charge in [-0.1, -0.05) is 12.1 Å². The third kappa shape index (κ3) is 2.85. The lowest BCUT2D eigenvalue weighted by molar-refractivity contribution is -0.146. The van der Waals surface area contributed by atoms with Gasteiger partial charge in [-0.25, -0.2) is 4.98 Å². The maximum absolute atomic E-state index is 13.4. The van der Waals surface area contributed by atoms with Crippen LogP contribution in [0.1, 0.15) is 28.1 Å². The summed E-state index contributed by atoms with van der Waals surface area (Å²) in [7, 11) is 0. The summed E-state index contributed by atoms with van der Waals surface area (Å²) < 4.78 is 41.3. The Labute approximate surface area is 137 Å². The fourth-order valence-electron chi connectivity index (χ4n) is 2.62. The van der Waals surface area contributed by atoms with Gasteiger partial charge >= 0.3 is 6.18 Å². The van der Waals surface area contributed by atoms with E-state index in [1.165, 1.54) is 4.57 Å². The molecule has 0 radical (unpaired) electrons. The van der Waals surface area contributed by atoms with Gasteiger partial charge in [0.05, 0.1) is 22.7 Å². The molecular formula is C18H14F3N3. The Bertz CT molecular complexity index is 945. The van der Waals surface area contributed by atoms with Crippen LogP contribution in [0.25, 0.3) is 11.0 Å². The zero-order valence-corrected chi connectivity index (χ0v) is 13.1. The predicted molar refractivity (Wildman–Crippen MR) is 84.5 cm³/mol. The predicted octanol–water partition coefficient (Wildman–Crippen LogP) is 4.59. The molecule has 0 fully saturated rings. The zero-order chi connectivity index (χ0) is 17.5. The normalized spacial score (nSPS) is 11.7. The molecule has 0 bridgehead atoms. The third-order valence-electron chi connectivity index (χ3n) is 4.04. The topological polar surface area (TPSA) is 41.6 Å². The molecule has 1 aromatic heterocycles. The summed E-state index contributed by atoms with van der Waals surface area (Å²) >= 11 is 0. The van der Waals surface area contributed by atoms with Crippen LogP contribution >= 0.6 is 0 Å². The second-order valence-electron chi connectivity index (χ2n) is 5.75. The van der Waals surface area contributed by atoms with Crippen molar-refractivity contribution >= 4 is 11.0 Å². The van der Waals surface area contributed by atoms with Gasteiger partial charge in [0.25, 0.3) is 0 Å². The van der Waals surface area contributed by atoms with Gasteiger partial charge in [-0.3, -0.25) is 0 Å². The van der Waals surface area contributed by atoms with E-state index in [1.54, 1.807) is 36.4 Å². The van der Waals surface area contributed by atoms with Gasteiger partial charge in [-0.2, -0.15) is 18.4 Å². The average molecular weight is 329 g/mol. The van der Waals surface area contributed by atoms with Gasteiger partial charge in [0.2, 0.25) is 5.82 Å². The van der Waals surface area contributed by atoms with E-state index in [9.17, 15) is 13.2 Å². The lowest BCUT2D eigenvalue weighted by Crippen LogP contribution is -2.15. The molecule has 0 saturated carbocycles. The first-order valence-electron chi connectivity index (χ1n) is 7.33. The summed E-state index contributed by atoms with van der Waals surface area (Å²) in [5, 5.41) is 8.82. The van der Waals surface area contributed by atoms with Gasteiger partial charge in [0, 0.05) is 6.54 Å². The van der Waals surface area contributed by atoms with E-state index in [2.05, 4.69) is 4.98 Å². The zero-order valence-electron chi connectivity index (χ0n) is 13.1. The summed E-state index contributed by atoms with van der Waals surface area (Å²) in [6.07, 6.45) is -4.53. The molecule has 6 heteroatoms. The highest BCUT2D eigenvalue weighted by molar-refractivity contribution is 5.78. The Morgan fingerprint density at radius 2 is 1.71 bits per heavy atom. The number of fused-ring (bicyclic) bond motifs is 1. The standard InChI is InChI=1S/C18H14F3N3/c1-11-7-15-16(8-12(11)2)24(17(23-15)18(19,20)21)10-14-5-3-13(9-22)4-6-14/h3-8H,10H2,1-2H3. The summed E-state index contributed by atoms with van der Waals surface area (Å²) in [5.74, 6) is -0.910. The molecule has 0 unspecified atom stereocenters. The quantitative estimate of drug-likeness (QED) is 0.690. The van der Waals surface area contributed by atoms with Crippen molar-refractivity contribution < 1.29 is 13.2 Å². The molecule has 0 aliphatic carbocycles. The maximum atomic E-state index is 13.4. The van der Waals surface area contributed by atoms with Crippen molar-refractivity contribution in [3.63, 3.8) is 0 Å². The Kier molecular flexibility index (Phi) is 3.80. The first-order valence-corrected chi connectivity index (χ1v) is 7.33. The maximum Gasteiger partial charge on any atom is 0.449 e. The van der Waals surface area contributed by atoms with Crippen LogP contribution in [0.15, 0.2) is 36.4 Å². The lowest BCUT2D eigenvalue weighted by atomic mass is 10.1. The molecule has 0 atom stereocenters. The number of halogens is 3. The number of aromatic nitrogens is 2. The van der Waals surface area contributed by atoms with Crippen LogP contribution in [-0.4, -0.2) is 9.55 Å². The van der Waals surface area contributed by atoms with Crippen molar-refractivity contribution in [3.8, 4) is 6.07 Å². The van der Waals surface area contributed by atoms with Crippen molar-refractivity contribution in [1.29, 1.82) is 5.26 Å². The third-order valence-corrected chi connectivity index (χ3v) is 4.04. The molecule has 0 N–H and O–H groups in total. The van der Waals surface area contributed by atoms with Crippen LogP contribution in [0.4, 0.5) is 13.2 Å². The summed E-state index contributed by atoms with van der Waals surface area (Å²) in [6.45, 7) is 3.75. The molecule has 0 saturated heterocycles. The number of imidazole rings is 1. The molecule has 3 rings (SSSR count). The smallest absolute Gasteiger partial charge is 0.316 e. The van der Waals surface area contributed by atoms with Crippen molar-refractivity contribution in [3.05, 3.63) is 64.5 Å². The summed E-state index contributed by atoms with van der Waals surface area (Å²) in [5.41, 5.74) is 3.75. The Balaban J connectivity index is 2.16. The highest BCUT2D eigenvalue weighted by Crippen LogP contribution is 2.33. The van der Waals surface area contributed by atoms with Gasteiger partial charge < -0.3 is 4.57 Å². The molecule has 24 heavy (non-hydrogen) atoms. The second-order valence-corrected chi connectivity index (χ2v) is 5.75. The van der Waals surface area contributed by atoms with Crippen LogP contribution in [0.3, 0.4) is 0 Å². The van der Waals surface area contributed by atoms with E-state index in [0.29, 0.717) is 22.2 Å². The molecule has 0 aliphatic heterocycles. The van der Waals surface area contributed by atoms with Crippen LogP contribution in [-0.2, 0) is 12.7 Å². The molecule has 0 aliphatic rings. The van der Waals surface area contributed by atoms with E-state index in [4.69, 9.17) is 5.26 Å². The first-order chi connectivity index (χ1) is 11.3. The molecule has 3 nitrogen and oxygen atoms in total. The Morgan fingerprint density at radius 1 is 1.08 bits per heavy atom. The van der Waals surface area contributed by atoms with E-state index in [1.807, 2.05) is 19.9 Å². The fraction of sp³-hybridized carbons (Fsp3) is 0.222. The van der Waals surface area contributed by atoms with Gasteiger partial charge in [-0.15, -0.1) is 0 Å². The van der Waals surface area contributed by atoms with Crippen molar-refractivity contribution in [2.45, 2.75) is 26.6 Å². The SMILES string of the molecule is Cc1cc2nc(C(F)(F)F)n(Cc3ccc(C#N)cc3)c2cc1C. The fourth-order valence-corrected chi connectivity index (χ4v) is 2.62. The minimum atomic E-state index is -4.53. The average Bonchev–Trinajstić information content (AvgIpc) is 2.87. The highest BCUT2D eigenvalue weighted by Gasteiger charge is 2.37. The molecule has 1 heterocycles. The minimum absolute atomic E-state index is 0.0412. The highest BCUT2D eigenvalue weighted by atomic mass is 19.4. The van der Waals surface area contributed by atoms with Gasteiger partial charge in [0.15, 0.2) is 0 Å². The number of nitriles is 1. The number of alkyl halides is 3. The Morgan fingerprint density at radius 3 is 2.29 bits per heavy atom. The number of aryl methyl sites for hydroxylation is 2. The lowest BCUT2D eigenvalue weighted by Gasteiger charge is -2.12. The second kappa shape index (κ2) is 5.68. The minimum Gasteiger partial charge on any atom is -0.316 e. The number of nitrogens with zero attached hydrogens (tertiary/aromatic N) is 3. The molecule has 0 amide bonds. The van der Waals surface area contributed by atoms with Crippen LogP contribution < -0.4 is 0 Å². The number of hydrogen-bond donors (Lipinski definition) is 0. The summed E-state index contributed by atoms with van der Waals surface area (Å²) in [6, 6.07) is 11.9. The van der Waals surface area contributed by atoms with E-state index < -0.39 is 12.0 Å². The summed E-state index contributed by atoms with van der Waals surface area (Å²) in [4.78, 5) is 3.80. The van der Waals surface area contributed by atoms with E-state index >= 15 is 0 Å². The number of benzene rings is 2. The van der Waals surface area contributed by atoms with Crippen molar-refractivity contribution in [1.82, 2.24) is 9.55 Å². The van der Waals surface area contributed by atoms with Crippen LogP contribution in [0.5, 0.6) is 0 Å². The van der Waals surface area contributed by atoms with Crippen molar-refractivity contribution in [2.24, 2.45) is 0 Å². The molecule has 122 valence electrons. The van der Waals surface area contributed by atoms with Crippen LogP contribution in [0, 0.1) is 25.2 Å². The monoisotopic (exact) mass is 329 g/mol. The largest absolute Gasteiger partial charge is 0.449 e. The van der Waals surface area contributed by atoms with E-state index in [0.717, 1.165) is 11.1 Å². The van der Waals surface area contributed by atoms with Crippen molar-refractivity contribution in [2.75, 3.05) is 0 Å². The number of rotatable bonds is 2. The Hall–Kier alpha value is -2.81. The first kappa shape index (κ1) is 16.1. The van der Waals surface area contributed by atoms with Gasteiger partial charge in [-0.05, 0) is 54.8 Å². The van der Waals surface area contributed by atoms with Crippen LogP contribution in [0.2, 0.25) is 0 Å². The molecular weight excluding hydrogens is 315 g/mol. The molecule has 3 aromatic rings. The number of hydrogen-bond acceptors (Lipinski definition) is 2. The van der Waals surface area contributed by atoms with Gasteiger partial charge in [0.1, 0.15) is 0 Å². The molecule has 0 spiro atoms. The molecule has 2 aromatic carbocycles.